The highest BCUT2D eigenvalue weighted by molar-refractivity contribution is 5.93. The van der Waals surface area contributed by atoms with Gasteiger partial charge in [-0.25, -0.2) is 0 Å². The standard InChI is InChI=1S/C16H12O/c1-2-12-8-9-15-13(10-12)11-16(15)17-14-6-4-3-5-7-14/h2-11H,1H2. The van der Waals surface area contributed by atoms with Crippen LogP contribution in [0, 0.1) is 0 Å². The van der Waals surface area contributed by atoms with Crippen molar-refractivity contribution in [3.63, 3.8) is 0 Å². The van der Waals surface area contributed by atoms with Crippen LogP contribution in [0.5, 0.6) is 5.75 Å². The SMILES string of the molecule is C=Cc1ccc2c(c1)C=C2Oc1ccccc1. The molecule has 0 saturated carbocycles. The average Bonchev–Trinajstić information content (AvgIpc) is 2.37. The normalized spacial score (nSPS) is 12.1. The van der Waals surface area contributed by atoms with Crippen LogP contribution in [0.1, 0.15) is 16.7 Å². The van der Waals surface area contributed by atoms with E-state index in [4.69, 9.17) is 4.74 Å². The molecule has 0 amide bonds. The first-order chi connectivity index (χ1) is 8.36. The summed E-state index contributed by atoms with van der Waals surface area (Å²) in [6, 6.07) is 16.1. The minimum atomic E-state index is 0.872. The maximum absolute atomic E-state index is 5.79. The fourth-order valence-corrected chi connectivity index (χ4v) is 1.89. The Balaban J connectivity index is 1.83. The molecule has 1 aliphatic carbocycles. The predicted octanol–water partition coefficient (Wildman–Crippen LogP) is 4.22. The Bertz CT molecular complexity index is 594. The Morgan fingerprint density at radius 2 is 1.82 bits per heavy atom. The number of rotatable bonds is 3. The molecule has 1 aliphatic rings. The second-order valence-electron chi connectivity index (χ2n) is 3.97. The zero-order valence-electron chi connectivity index (χ0n) is 9.39. The van der Waals surface area contributed by atoms with Gasteiger partial charge in [-0.05, 0) is 35.4 Å². The van der Waals surface area contributed by atoms with Crippen LogP contribution in [0.25, 0.3) is 17.9 Å². The number of fused-ring (bicyclic) bond motifs is 1. The molecule has 0 saturated heterocycles. The molecule has 1 nitrogen and oxygen atoms in total. The van der Waals surface area contributed by atoms with Gasteiger partial charge in [-0.2, -0.15) is 0 Å². The van der Waals surface area contributed by atoms with Gasteiger partial charge in [0.2, 0.25) is 0 Å². The molecule has 0 spiro atoms. The average molecular weight is 220 g/mol. The summed E-state index contributed by atoms with van der Waals surface area (Å²) in [7, 11) is 0. The van der Waals surface area contributed by atoms with Gasteiger partial charge in [0.05, 0.1) is 0 Å². The van der Waals surface area contributed by atoms with Crippen molar-refractivity contribution in [3.05, 3.63) is 71.8 Å². The van der Waals surface area contributed by atoms with E-state index in [9.17, 15) is 0 Å². The van der Waals surface area contributed by atoms with Gasteiger partial charge in [-0.15, -0.1) is 0 Å². The zero-order chi connectivity index (χ0) is 11.7. The van der Waals surface area contributed by atoms with Crippen LogP contribution < -0.4 is 4.74 Å². The van der Waals surface area contributed by atoms with E-state index in [0.29, 0.717) is 0 Å². The van der Waals surface area contributed by atoms with Gasteiger partial charge in [0.1, 0.15) is 11.5 Å². The maximum atomic E-state index is 5.79. The van der Waals surface area contributed by atoms with E-state index >= 15 is 0 Å². The van der Waals surface area contributed by atoms with Crippen LogP contribution in [-0.2, 0) is 0 Å². The molecule has 0 radical (unpaired) electrons. The van der Waals surface area contributed by atoms with Crippen LogP contribution in [0.3, 0.4) is 0 Å². The van der Waals surface area contributed by atoms with Crippen LogP contribution in [0.15, 0.2) is 55.1 Å². The van der Waals surface area contributed by atoms with Crippen molar-refractivity contribution in [3.8, 4) is 5.75 Å². The number of benzene rings is 2. The summed E-state index contributed by atoms with van der Waals surface area (Å²) in [6.45, 7) is 3.76. The number of para-hydroxylation sites is 1. The Morgan fingerprint density at radius 1 is 1.00 bits per heavy atom. The summed E-state index contributed by atoms with van der Waals surface area (Å²) < 4.78 is 5.79. The molecular weight excluding hydrogens is 208 g/mol. The number of ether oxygens (including phenoxy) is 1. The Labute approximate surface area is 101 Å². The lowest BCUT2D eigenvalue weighted by Crippen LogP contribution is -2.05. The molecule has 0 unspecified atom stereocenters. The highest BCUT2D eigenvalue weighted by Crippen LogP contribution is 2.34. The van der Waals surface area contributed by atoms with Crippen molar-refractivity contribution in [2.24, 2.45) is 0 Å². The first-order valence-corrected chi connectivity index (χ1v) is 5.58. The number of hydrogen-bond acceptors (Lipinski definition) is 1. The molecule has 0 aliphatic heterocycles. The Hall–Kier alpha value is -2.28. The highest BCUT2D eigenvalue weighted by Gasteiger charge is 2.18. The molecule has 2 aromatic carbocycles. The highest BCUT2D eigenvalue weighted by atomic mass is 16.5. The molecule has 0 aromatic heterocycles. The minimum Gasteiger partial charge on any atom is -0.457 e. The fourth-order valence-electron chi connectivity index (χ4n) is 1.89. The molecule has 3 rings (SSSR count). The lowest BCUT2D eigenvalue weighted by atomic mass is 9.93. The fraction of sp³-hybridized carbons (Fsp3) is 0. The van der Waals surface area contributed by atoms with E-state index in [1.807, 2.05) is 42.5 Å². The van der Waals surface area contributed by atoms with E-state index in [0.717, 1.165) is 17.1 Å². The topological polar surface area (TPSA) is 9.23 Å². The smallest absolute Gasteiger partial charge is 0.135 e. The molecule has 1 heteroatoms. The predicted molar refractivity (Wildman–Crippen MR) is 71.5 cm³/mol. The Kier molecular flexibility index (Phi) is 2.30. The van der Waals surface area contributed by atoms with Gasteiger partial charge in [0.25, 0.3) is 0 Å². The minimum absolute atomic E-state index is 0.872. The molecule has 0 bridgehead atoms. The molecule has 0 atom stereocenters. The van der Waals surface area contributed by atoms with Crippen molar-refractivity contribution in [1.29, 1.82) is 0 Å². The van der Waals surface area contributed by atoms with Gasteiger partial charge in [-0.1, -0.05) is 43.0 Å². The van der Waals surface area contributed by atoms with Crippen molar-refractivity contribution < 1.29 is 4.74 Å². The molecule has 82 valence electrons. The molecule has 0 fully saturated rings. The van der Waals surface area contributed by atoms with E-state index < -0.39 is 0 Å². The van der Waals surface area contributed by atoms with E-state index in [1.54, 1.807) is 0 Å². The van der Waals surface area contributed by atoms with E-state index in [-0.39, 0.29) is 0 Å². The lowest BCUT2D eigenvalue weighted by Gasteiger charge is -2.20. The first kappa shape index (κ1) is 9.91. The van der Waals surface area contributed by atoms with Gasteiger partial charge >= 0.3 is 0 Å². The van der Waals surface area contributed by atoms with Crippen LogP contribution in [0.2, 0.25) is 0 Å². The van der Waals surface area contributed by atoms with Gasteiger partial charge in [0, 0.05) is 5.56 Å². The second-order valence-corrected chi connectivity index (χ2v) is 3.97. The summed E-state index contributed by atoms with van der Waals surface area (Å²) in [5.41, 5.74) is 3.52. The maximum Gasteiger partial charge on any atom is 0.135 e. The quantitative estimate of drug-likeness (QED) is 0.752. The first-order valence-electron chi connectivity index (χ1n) is 5.58. The zero-order valence-corrected chi connectivity index (χ0v) is 9.39. The van der Waals surface area contributed by atoms with Crippen molar-refractivity contribution >= 4 is 17.9 Å². The van der Waals surface area contributed by atoms with Crippen LogP contribution in [-0.4, -0.2) is 0 Å². The second kappa shape index (κ2) is 3.95. The van der Waals surface area contributed by atoms with Gasteiger partial charge < -0.3 is 4.74 Å². The summed E-state index contributed by atoms with van der Waals surface area (Å²) >= 11 is 0. The van der Waals surface area contributed by atoms with E-state index in [2.05, 4.69) is 24.8 Å². The molecule has 2 aromatic rings. The van der Waals surface area contributed by atoms with Gasteiger partial charge in [-0.3, -0.25) is 0 Å². The van der Waals surface area contributed by atoms with Crippen LogP contribution >= 0.6 is 0 Å². The Morgan fingerprint density at radius 3 is 2.53 bits per heavy atom. The van der Waals surface area contributed by atoms with Gasteiger partial charge in [0.15, 0.2) is 0 Å². The van der Waals surface area contributed by atoms with E-state index in [1.165, 1.54) is 11.1 Å². The third kappa shape index (κ3) is 1.76. The molecule has 0 heterocycles. The molecule has 17 heavy (non-hydrogen) atoms. The molecular formula is C16H12O. The summed E-state index contributed by atoms with van der Waals surface area (Å²) in [4.78, 5) is 0. The summed E-state index contributed by atoms with van der Waals surface area (Å²) in [5, 5.41) is 0. The third-order valence-corrected chi connectivity index (χ3v) is 2.83. The number of hydrogen-bond donors (Lipinski definition) is 0. The third-order valence-electron chi connectivity index (χ3n) is 2.83. The van der Waals surface area contributed by atoms with Crippen molar-refractivity contribution in [2.75, 3.05) is 0 Å². The lowest BCUT2D eigenvalue weighted by molar-refractivity contribution is 0.514. The largest absolute Gasteiger partial charge is 0.457 e. The van der Waals surface area contributed by atoms with Crippen LogP contribution in [0.4, 0.5) is 0 Å². The summed E-state index contributed by atoms with van der Waals surface area (Å²) in [5.74, 6) is 1.80. The monoisotopic (exact) mass is 220 g/mol. The van der Waals surface area contributed by atoms with Crippen molar-refractivity contribution in [1.82, 2.24) is 0 Å². The molecule has 0 N–H and O–H groups in total. The van der Waals surface area contributed by atoms with Crippen molar-refractivity contribution in [2.45, 2.75) is 0 Å². The summed E-state index contributed by atoms with van der Waals surface area (Å²) in [6.07, 6.45) is 3.90.